The third-order valence-electron chi connectivity index (χ3n) is 2.61. The SMILES string of the molecule is CN(c1cc(Cl)ccc1N)S(=O)(=O)CCCC(F)(F)F. The molecule has 9 heteroatoms. The summed E-state index contributed by atoms with van der Waals surface area (Å²) in [6, 6.07) is 4.27. The maximum atomic E-state index is 12.0. The lowest BCUT2D eigenvalue weighted by atomic mass is 10.3. The van der Waals surface area contributed by atoms with Crippen LogP contribution in [0.4, 0.5) is 24.5 Å². The Morgan fingerprint density at radius 3 is 2.50 bits per heavy atom. The number of sulfonamides is 1. The summed E-state index contributed by atoms with van der Waals surface area (Å²) in [5.74, 6) is -0.616. The van der Waals surface area contributed by atoms with Crippen molar-refractivity contribution in [3.63, 3.8) is 0 Å². The van der Waals surface area contributed by atoms with E-state index >= 15 is 0 Å². The van der Waals surface area contributed by atoms with E-state index in [-0.39, 0.29) is 16.4 Å². The zero-order valence-corrected chi connectivity index (χ0v) is 12.2. The minimum absolute atomic E-state index is 0.143. The van der Waals surface area contributed by atoms with Crippen molar-refractivity contribution in [2.24, 2.45) is 0 Å². The molecule has 0 saturated carbocycles. The van der Waals surface area contributed by atoms with Gasteiger partial charge in [-0.15, -0.1) is 0 Å². The van der Waals surface area contributed by atoms with Crippen molar-refractivity contribution in [3.8, 4) is 0 Å². The van der Waals surface area contributed by atoms with E-state index in [1.165, 1.54) is 25.2 Å². The first-order valence-corrected chi connectivity index (χ1v) is 7.60. The smallest absolute Gasteiger partial charge is 0.389 e. The molecule has 0 aliphatic rings. The number of nitrogens with two attached hydrogens (primary N) is 1. The van der Waals surface area contributed by atoms with Crippen LogP contribution in [0, 0.1) is 0 Å². The van der Waals surface area contributed by atoms with Gasteiger partial charge in [0, 0.05) is 18.5 Å². The number of nitrogen functional groups attached to an aromatic ring is 1. The fourth-order valence-corrected chi connectivity index (χ4v) is 2.94. The summed E-state index contributed by atoms with van der Waals surface area (Å²) in [4.78, 5) is 0. The van der Waals surface area contributed by atoms with Gasteiger partial charge in [0.25, 0.3) is 0 Å². The van der Waals surface area contributed by atoms with Crippen LogP contribution in [0.2, 0.25) is 5.02 Å². The highest BCUT2D eigenvalue weighted by Gasteiger charge is 2.28. The van der Waals surface area contributed by atoms with Crippen molar-refractivity contribution in [3.05, 3.63) is 23.2 Å². The van der Waals surface area contributed by atoms with Gasteiger partial charge in [-0.2, -0.15) is 13.2 Å². The second kappa shape index (κ2) is 6.09. The predicted molar refractivity (Wildman–Crippen MR) is 73.3 cm³/mol. The van der Waals surface area contributed by atoms with E-state index in [4.69, 9.17) is 17.3 Å². The summed E-state index contributed by atoms with van der Waals surface area (Å²) < 4.78 is 60.8. The summed E-state index contributed by atoms with van der Waals surface area (Å²) in [6.07, 6.45) is -6.02. The fourth-order valence-electron chi connectivity index (χ4n) is 1.53. The van der Waals surface area contributed by atoms with E-state index in [9.17, 15) is 21.6 Å². The lowest BCUT2D eigenvalue weighted by Crippen LogP contribution is -2.30. The summed E-state index contributed by atoms with van der Waals surface area (Å²) in [6.45, 7) is 0. The van der Waals surface area contributed by atoms with Crippen LogP contribution in [0.1, 0.15) is 12.8 Å². The van der Waals surface area contributed by atoms with Gasteiger partial charge < -0.3 is 5.73 Å². The topological polar surface area (TPSA) is 63.4 Å². The Labute approximate surface area is 120 Å². The molecule has 114 valence electrons. The molecule has 0 heterocycles. The van der Waals surface area contributed by atoms with Gasteiger partial charge in [0.2, 0.25) is 10.0 Å². The lowest BCUT2D eigenvalue weighted by molar-refractivity contribution is -0.134. The van der Waals surface area contributed by atoms with E-state index < -0.39 is 34.8 Å². The first-order valence-electron chi connectivity index (χ1n) is 5.61. The molecule has 0 bridgehead atoms. The van der Waals surface area contributed by atoms with Crippen LogP contribution < -0.4 is 10.0 Å². The Bertz CT molecular complexity index is 576. The Balaban J connectivity index is 2.84. The molecule has 0 aliphatic heterocycles. The highest BCUT2D eigenvalue weighted by molar-refractivity contribution is 7.92. The molecule has 0 atom stereocenters. The molecule has 0 unspecified atom stereocenters. The molecule has 0 saturated heterocycles. The molecule has 0 aromatic heterocycles. The van der Waals surface area contributed by atoms with Gasteiger partial charge in [0.05, 0.1) is 17.1 Å². The molecule has 2 N–H and O–H groups in total. The standard InChI is InChI=1S/C11H14ClF3N2O2S/c1-17(10-7-8(12)3-4-9(10)16)20(18,19)6-2-5-11(13,14)15/h3-4,7H,2,5-6,16H2,1H3. The van der Waals surface area contributed by atoms with Crippen LogP contribution in [0.3, 0.4) is 0 Å². The molecular formula is C11H14ClF3N2O2S. The quantitative estimate of drug-likeness (QED) is 0.844. The van der Waals surface area contributed by atoms with Crippen molar-refractivity contribution >= 4 is 33.0 Å². The average Bonchev–Trinajstić information content (AvgIpc) is 2.29. The number of alkyl halides is 3. The highest BCUT2D eigenvalue weighted by atomic mass is 35.5. The van der Waals surface area contributed by atoms with Crippen molar-refractivity contribution in [1.29, 1.82) is 0 Å². The minimum atomic E-state index is -4.37. The summed E-state index contributed by atoms with van der Waals surface area (Å²) in [5.41, 5.74) is 5.96. The maximum Gasteiger partial charge on any atom is 0.389 e. The van der Waals surface area contributed by atoms with Crippen LogP contribution in [-0.4, -0.2) is 27.4 Å². The van der Waals surface area contributed by atoms with Crippen LogP contribution in [0.15, 0.2) is 18.2 Å². The van der Waals surface area contributed by atoms with E-state index in [0.717, 1.165) is 4.31 Å². The number of anilines is 2. The molecule has 0 aliphatic carbocycles. The number of hydrogen-bond donors (Lipinski definition) is 1. The Kier molecular flexibility index (Phi) is 5.15. The highest BCUT2D eigenvalue weighted by Crippen LogP contribution is 2.29. The van der Waals surface area contributed by atoms with Crippen molar-refractivity contribution < 1.29 is 21.6 Å². The van der Waals surface area contributed by atoms with E-state index in [0.29, 0.717) is 0 Å². The monoisotopic (exact) mass is 330 g/mol. The second-order valence-electron chi connectivity index (χ2n) is 4.21. The molecule has 0 fully saturated rings. The molecule has 1 rings (SSSR count). The maximum absolute atomic E-state index is 12.0. The van der Waals surface area contributed by atoms with Gasteiger partial charge in [-0.05, 0) is 24.6 Å². The predicted octanol–water partition coefficient (Wildman–Crippen LogP) is 3.03. The summed E-state index contributed by atoms with van der Waals surface area (Å²) in [5, 5.41) is 0.284. The normalized spacial score (nSPS) is 12.4. The molecule has 1 aromatic carbocycles. The summed E-state index contributed by atoms with van der Waals surface area (Å²) in [7, 11) is -2.65. The zero-order valence-electron chi connectivity index (χ0n) is 10.6. The summed E-state index contributed by atoms with van der Waals surface area (Å²) >= 11 is 5.75. The molecular weight excluding hydrogens is 317 g/mol. The largest absolute Gasteiger partial charge is 0.397 e. The second-order valence-corrected chi connectivity index (χ2v) is 6.76. The fraction of sp³-hybridized carbons (Fsp3) is 0.455. The van der Waals surface area contributed by atoms with Crippen molar-refractivity contribution in [2.75, 3.05) is 22.8 Å². The van der Waals surface area contributed by atoms with Crippen LogP contribution in [-0.2, 0) is 10.0 Å². The van der Waals surface area contributed by atoms with Gasteiger partial charge in [0.1, 0.15) is 0 Å². The van der Waals surface area contributed by atoms with Gasteiger partial charge in [0.15, 0.2) is 0 Å². The molecule has 0 radical (unpaired) electrons. The number of rotatable bonds is 5. The van der Waals surface area contributed by atoms with E-state index in [1.54, 1.807) is 0 Å². The van der Waals surface area contributed by atoms with Crippen LogP contribution in [0.25, 0.3) is 0 Å². The molecule has 0 spiro atoms. The number of benzene rings is 1. The Morgan fingerprint density at radius 2 is 1.95 bits per heavy atom. The van der Waals surface area contributed by atoms with Crippen molar-refractivity contribution in [2.45, 2.75) is 19.0 Å². The van der Waals surface area contributed by atoms with E-state index in [2.05, 4.69) is 0 Å². The van der Waals surface area contributed by atoms with Crippen molar-refractivity contribution in [1.82, 2.24) is 0 Å². The Morgan fingerprint density at radius 1 is 1.35 bits per heavy atom. The third-order valence-corrected chi connectivity index (χ3v) is 4.68. The molecule has 20 heavy (non-hydrogen) atoms. The number of halogens is 4. The first kappa shape index (κ1) is 16.9. The van der Waals surface area contributed by atoms with Crippen LogP contribution >= 0.6 is 11.6 Å². The van der Waals surface area contributed by atoms with Crippen LogP contribution in [0.5, 0.6) is 0 Å². The number of nitrogens with zero attached hydrogens (tertiary/aromatic N) is 1. The Hall–Kier alpha value is -1.15. The van der Waals surface area contributed by atoms with Gasteiger partial charge in [-0.3, -0.25) is 4.31 Å². The minimum Gasteiger partial charge on any atom is -0.397 e. The molecule has 1 aromatic rings. The zero-order chi connectivity index (χ0) is 15.6. The average molecular weight is 331 g/mol. The van der Waals surface area contributed by atoms with Gasteiger partial charge in [-0.25, -0.2) is 8.42 Å². The first-order chi connectivity index (χ1) is 9.03. The van der Waals surface area contributed by atoms with Gasteiger partial charge >= 0.3 is 6.18 Å². The number of hydrogen-bond acceptors (Lipinski definition) is 3. The lowest BCUT2D eigenvalue weighted by Gasteiger charge is -2.21. The third kappa shape index (κ3) is 4.75. The van der Waals surface area contributed by atoms with Gasteiger partial charge in [-0.1, -0.05) is 11.6 Å². The molecule has 0 amide bonds. The van der Waals surface area contributed by atoms with E-state index in [1.807, 2.05) is 0 Å². The molecule has 4 nitrogen and oxygen atoms in total.